The molecule has 0 bridgehead atoms. The van der Waals surface area contributed by atoms with Crippen molar-refractivity contribution in [2.24, 2.45) is 0 Å². The van der Waals surface area contributed by atoms with E-state index < -0.39 is 17.2 Å². The summed E-state index contributed by atoms with van der Waals surface area (Å²) in [4.78, 5) is 0. The summed E-state index contributed by atoms with van der Waals surface area (Å²) in [6.07, 6.45) is 6.17. The highest BCUT2D eigenvalue weighted by Gasteiger charge is 2.25. The van der Waals surface area contributed by atoms with Crippen molar-refractivity contribution in [2.45, 2.75) is 57.3 Å². The fourth-order valence-corrected chi connectivity index (χ4v) is 3.94. The molecule has 1 fully saturated rings. The summed E-state index contributed by atoms with van der Waals surface area (Å²) in [5.74, 6) is -0.787. The van der Waals surface area contributed by atoms with E-state index >= 15 is 0 Å². The maximum absolute atomic E-state index is 13.8. The van der Waals surface area contributed by atoms with Crippen molar-refractivity contribution >= 4 is 0 Å². The van der Waals surface area contributed by atoms with Crippen LogP contribution in [0, 0.1) is 23.0 Å². The molecule has 1 saturated carbocycles. The van der Waals surface area contributed by atoms with E-state index in [-0.39, 0.29) is 5.92 Å². The monoisotopic (exact) mass is 339 g/mol. The minimum absolute atomic E-state index is 0.173. The van der Waals surface area contributed by atoms with Crippen LogP contribution in [0.2, 0.25) is 0 Å². The van der Waals surface area contributed by atoms with Gasteiger partial charge in [0.1, 0.15) is 23.3 Å². The summed E-state index contributed by atoms with van der Waals surface area (Å²) in [6.45, 7) is 2.18. The summed E-state index contributed by atoms with van der Waals surface area (Å²) in [5, 5.41) is 8.78. The fourth-order valence-electron chi connectivity index (χ4n) is 3.94. The zero-order valence-electron chi connectivity index (χ0n) is 14.6. The molecule has 0 unspecified atom stereocenters. The molecule has 130 valence electrons. The third-order valence-corrected chi connectivity index (χ3v) is 5.36. The minimum atomic E-state index is -0.744. The van der Waals surface area contributed by atoms with Crippen molar-refractivity contribution in [2.75, 3.05) is 0 Å². The van der Waals surface area contributed by atoms with E-state index in [0.717, 1.165) is 38.5 Å². The zero-order chi connectivity index (χ0) is 17.8. The number of benzene rings is 2. The van der Waals surface area contributed by atoms with Crippen LogP contribution in [-0.4, -0.2) is 0 Å². The number of aryl methyl sites for hydroxylation is 1. The molecular formula is C22H23F2N. The Balaban J connectivity index is 1.67. The van der Waals surface area contributed by atoms with Crippen LogP contribution in [0.4, 0.5) is 8.78 Å². The molecule has 3 heteroatoms. The highest BCUT2D eigenvalue weighted by molar-refractivity contribution is 5.37. The molecule has 25 heavy (non-hydrogen) atoms. The van der Waals surface area contributed by atoms with Crippen LogP contribution in [0.25, 0.3) is 0 Å². The van der Waals surface area contributed by atoms with Gasteiger partial charge in [-0.3, -0.25) is 0 Å². The van der Waals surface area contributed by atoms with E-state index in [2.05, 4.69) is 31.2 Å². The molecule has 1 aliphatic rings. The quantitative estimate of drug-likeness (QED) is 0.647. The second kappa shape index (κ2) is 7.78. The first-order chi connectivity index (χ1) is 12.1. The second-order valence-corrected chi connectivity index (χ2v) is 7.01. The highest BCUT2D eigenvalue weighted by Crippen LogP contribution is 2.41. The molecule has 0 aromatic heterocycles. The van der Waals surface area contributed by atoms with E-state index in [4.69, 9.17) is 5.26 Å². The van der Waals surface area contributed by atoms with E-state index in [1.807, 2.05) is 0 Å². The first-order valence-electron chi connectivity index (χ1n) is 9.10. The standard InChI is InChI=1S/C22H23F2N/c1-2-3-15-4-6-16(7-5-15)17-8-10-18(11-9-17)19-12-21(23)20(14-25)22(24)13-19/h4-7,12-13,17-18H,2-3,8-11H2,1H3/t17-,18-. The van der Waals surface area contributed by atoms with Gasteiger partial charge in [-0.15, -0.1) is 0 Å². The van der Waals surface area contributed by atoms with Gasteiger partial charge in [-0.25, -0.2) is 8.78 Å². The van der Waals surface area contributed by atoms with Gasteiger partial charge in [0, 0.05) is 0 Å². The van der Waals surface area contributed by atoms with Gasteiger partial charge in [-0.2, -0.15) is 5.26 Å². The average Bonchev–Trinajstić information content (AvgIpc) is 2.62. The van der Waals surface area contributed by atoms with E-state index in [9.17, 15) is 8.78 Å². The van der Waals surface area contributed by atoms with Crippen molar-refractivity contribution in [1.82, 2.24) is 0 Å². The SMILES string of the molecule is CCCc1ccc([C@H]2CC[C@H](c3cc(F)c(C#N)c(F)c3)CC2)cc1. The second-order valence-electron chi connectivity index (χ2n) is 7.01. The predicted octanol–water partition coefficient (Wildman–Crippen LogP) is 6.23. The molecule has 0 saturated heterocycles. The Morgan fingerprint density at radius 2 is 1.44 bits per heavy atom. The Morgan fingerprint density at radius 1 is 0.920 bits per heavy atom. The Morgan fingerprint density at radius 3 is 1.92 bits per heavy atom. The zero-order valence-corrected chi connectivity index (χ0v) is 14.6. The van der Waals surface area contributed by atoms with Gasteiger partial charge < -0.3 is 0 Å². The van der Waals surface area contributed by atoms with Crippen molar-refractivity contribution in [3.63, 3.8) is 0 Å². The minimum Gasteiger partial charge on any atom is -0.205 e. The summed E-state index contributed by atoms with van der Waals surface area (Å²) in [5.41, 5.74) is 2.95. The van der Waals surface area contributed by atoms with Crippen molar-refractivity contribution < 1.29 is 8.78 Å². The predicted molar refractivity (Wildman–Crippen MR) is 95.5 cm³/mol. The number of nitriles is 1. The fraction of sp³-hybridized carbons (Fsp3) is 0.409. The lowest BCUT2D eigenvalue weighted by molar-refractivity contribution is 0.394. The number of halogens is 2. The smallest absolute Gasteiger partial charge is 0.144 e. The molecule has 0 aliphatic heterocycles. The van der Waals surface area contributed by atoms with Gasteiger partial charge >= 0.3 is 0 Å². The molecule has 1 nitrogen and oxygen atoms in total. The Bertz CT molecular complexity index is 743. The third kappa shape index (κ3) is 3.90. The molecule has 3 rings (SSSR count). The van der Waals surface area contributed by atoms with Gasteiger partial charge in [0.25, 0.3) is 0 Å². The molecule has 0 heterocycles. The first kappa shape index (κ1) is 17.6. The molecule has 0 spiro atoms. The number of nitrogens with zero attached hydrogens (tertiary/aromatic N) is 1. The van der Waals surface area contributed by atoms with E-state index in [0.29, 0.717) is 11.5 Å². The molecule has 2 aromatic carbocycles. The van der Waals surface area contributed by atoms with E-state index in [1.54, 1.807) is 6.07 Å². The van der Waals surface area contributed by atoms with Gasteiger partial charge in [0.15, 0.2) is 0 Å². The highest BCUT2D eigenvalue weighted by atomic mass is 19.1. The Kier molecular flexibility index (Phi) is 5.48. The molecule has 0 radical (unpaired) electrons. The summed E-state index contributed by atoms with van der Waals surface area (Å²) in [7, 11) is 0. The van der Waals surface area contributed by atoms with Crippen molar-refractivity contribution in [3.8, 4) is 6.07 Å². The molecule has 0 amide bonds. The largest absolute Gasteiger partial charge is 0.205 e. The molecule has 1 aliphatic carbocycles. The maximum atomic E-state index is 13.8. The lowest BCUT2D eigenvalue weighted by Crippen LogP contribution is -2.13. The van der Waals surface area contributed by atoms with Crippen molar-refractivity contribution in [3.05, 3.63) is 70.3 Å². The lowest BCUT2D eigenvalue weighted by Gasteiger charge is -2.29. The first-order valence-corrected chi connectivity index (χ1v) is 9.10. The lowest BCUT2D eigenvalue weighted by atomic mass is 9.76. The summed E-state index contributed by atoms with van der Waals surface area (Å²) >= 11 is 0. The van der Waals surface area contributed by atoms with Crippen LogP contribution in [0.3, 0.4) is 0 Å². The van der Waals surface area contributed by atoms with Gasteiger partial charge in [-0.1, -0.05) is 37.6 Å². The van der Waals surface area contributed by atoms with Crippen LogP contribution >= 0.6 is 0 Å². The van der Waals surface area contributed by atoms with Crippen LogP contribution in [-0.2, 0) is 6.42 Å². The van der Waals surface area contributed by atoms with Gasteiger partial charge in [0.05, 0.1) is 0 Å². The van der Waals surface area contributed by atoms with Gasteiger partial charge in [-0.05, 0) is 72.8 Å². The van der Waals surface area contributed by atoms with Crippen LogP contribution in [0.15, 0.2) is 36.4 Å². The molecule has 0 N–H and O–H groups in total. The van der Waals surface area contributed by atoms with Crippen LogP contribution < -0.4 is 0 Å². The third-order valence-electron chi connectivity index (χ3n) is 5.36. The Hall–Kier alpha value is -2.21. The molecule has 2 aromatic rings. The van der Waals surface area contributed by atoms with Crippen LogP contribution in [0.1, 0.15) is 73.1 Å². The Labute approximate surface area is 148 Å². The van der Waals surface area contributed by atoms with Crippen LogP contribution in [0.5, 0.6) is 0 Å². The average molecular weight is 339 g/mol. The summed E-state index contributed by atoms with van der Waals surface area (Å²) < 4.78 is 27.7. The topological polar surface area (TPSA) is 23.8 Å². The summed E-state index contributed by atoms with van der Waals surface area (Å²) in [6, 6.07) is 13.2. The maximum Gasteiger partial charge on any atom is 0.144 e. The number of hydrogen-bond donors (Lipinski definition) is 0. The number of rotatable bonds is 4. The molecular weight excluding hydrogens is 316 g/mol. The number of hydrogen-bond acceptors (Lipinski definition) is 1. The normalized spacial score (nSPS) is 20.2. The molecule has 0 atom stereocenters. The van der Waals surface area contributed by atoms with Crippen molar-refractivity contribution in [1.29, 1.82) is 5.26 Å². The van der Waals surface area contributed by atoms with E-state index in [1.165, 1.54) is 23.3 Å². The van der Waals surface area contributed by atoms with Gasteiger partial charge in [0.2, 0.25) is 0 Å².